The Bertz CT molecular complexity index is 217. The number of nitrogens with zero attached hydrogens (tertiary/aromatic N) is 2. The summed E-state index contributed by atoms with van der Waals surface area (Å²) in [4.78, 5) is 0. The van der Waals surface area contributed by atoms with Crippen LogP contribution in [0.4, 0.5) is 0 Å². The minimum atomic E-state index is 1.03. The minimum Gasteiger partial charge on any atom is -0.269 e. The third-order valence-electron chi connectivity index (χ3n) is 1.40. The Hall–Kier alpha value is -0.0600. The van der Waals surface area contributed by atoms with E-state index >= 15 is 0 Å². The monoisotopic (exact) mass is 250 g/mol. The fourth-order valence-corrected chi connectivity index (χ4v) is 1.44. The van der Waals surface area contributed by atoms with Crippen LogP contribution in [0.15, 0.2) is 6.07 Å². The highest BCUT2D eigenvalue weighted by Crippen LogP contribution is 2.01. The second-order valence-electron chi connectivity index (χ2n) is 2.34. The van der Waals surface area contributed by atoms with Crippen LogP contribution in [-0.4, -0.2) is 14.2 Å². The zero-order chi connectivity index (χ0) is 7.56. The van der Waals surface area contributed by atoms with Crippen LogP contribution in [-0.2, 0) is 6.54 Å². The van der Waals surface area contributed by atoms with Gasteiger partial charge in [-0.3, -0.25) is 4.68 Å². The van der Waals surface area contributed by atoms with Gasteiger partial charge in [-0.15, -0.1) is 0 Å². The van der Waals surface area contributed by atoms with E-state index in [-0.39, 0.29) is 0 Å². The maximum atomic E-state index is 4.31. The van der Waals surface area contributed by atoms with Crippen molar-refractivity contribution in [2.24, 2.45) is 0 Å². The molecule has 1 rings (SSSR count). The highest BCUT2D eigenvalue weighted by molar-refractivity contribution is 14.1. The number of hydrogen-bond donors (Lipinski definition) is 0. The number of rotatable bonds is 2. The van der Waals surface area contributed by atoms with Crippen molar-refractivity contribution in [1.82, 2.24) is 9.78 Å². The summed E-state index contributed by atoms with van der Waals surface area (Å²) in [6.45, 7) is 5.14. The predicted molar refractivity (Wildman–Crippen MR) is 50.6 cm³/mol. The van der Waals surface area contributed by atoms with Crippen LogP contribution in [0.1, 0.15) is 11.4 Å². The molecule has 0 fully saturated rings. The van der Waals surface area contributed by atoms with Crippen LogP contribution < -0.4 is 0 Å². The van der Waals surface area contributed by atoms with Crippen LogP contribution in [0.25, 0.3) is 0 Å². The maximum absolute atomic E-state index is 4.31. The molecule has 0 bridgehead atoms. The SMILES string of the molecule is Cc1cc(C)n(CCI)n1. The molecule has 1 aromatic heterocycles. The molecule has 0 saturated carbocycles. The van der Waals surface area contributed by atoms with Gasteiger partial charge in [-0.25, -0.2) is 0 Å². The predicted octanol–water partition coefficient (Wildman–Crippen LogP) is 1.93. The first-order valence-corrected chi connectivity index (χ1v) is 4.83. The Kier molecular flexibility index (Phi) is 2.71. The number of aryl methyl sites for hydroxylation is 3. The average Bonchev–Trinajstić information content (AvgIpc) is 2.13. The lowest BCUT2D eigenvalue weighted by Gasteiger charge is -1.98. The molecule has 56 valence electrons. The molecule has 1 aromatic rings. The molecular formula is C7H11IN2. The van der Waals surface area contributed by atoms with Gasteiger partial charge >= 0.3 is 0 Å². The van der Waals surface area contributed by atoms with Crippen LogP contribution >= 0.6 is 22.6 Å². The zero-order valence-corrected chi connectivity index (χ0v) is 8.42. The first-order valence-electron chi connectivity index (χ1n) is 3.31. The smallest absolute Gasteiger partial charge is 0.0596 e. The molecule has 0 amide bonds. The summed E-state index contributed by atoms with van der Waals surface area (Å²) in [6, 6.07) is 2.10. The zero-order valence-electron chi connectivity index (χ0n) is 6.26. The Morgan fingerprint density at radius 3 is 2.70 bits per heavy atom. The van der Waals surface area contributed by atoms with E-state index in [1.807, 2.05) is 11.6 Å². The standard InChI is InChI=1S/C7H11IN2/c1-6-5-7(2)10(9-6)4-3-8/h5H,3-4H2,1-2H3. The van der Waals surface area contributed by atoms with Crippen molar-refractivity contribution >= 4 is 22.6 Å². The largest absolute Gasteiger partial charge is 0.269 e. The molecule has 0 unspecified atom stereocenters. The van der Waals surface area contributed by atoms with Gasteiger partial charge in [-0.2, -0.15) is 5.10 Å². The van der Waals surface area contributed by atoms with Crippen LogP contribution in [0.5, 0.6) is 0 Å². The van der Waals surface area contributed by atoms with E-state index in [1.165, 1.54) is 5.69 Å². The van der Waals surface area contributed by atoms with Gasteiger partial charge in [-0.05, 0) is 19.9 Å². The van der Waals surface area contributed by atoms with Crippen molar-refractivity contribution in [3.8, 4) is 0 Å². The Morgan fingerprint density at radius 2 is 2.30 bits per heavy atom. The maximum Gasteiger partial charge on any atom is 0.0596 e. The second-order valence-corrected chi connectivity index (χ2v) is 3.42. The molecule has 0 aliphatic carbocycles. The molecule has 0 atom stereocenters. The summed E-state index contributed by atoms with van der Waals surface area (Å²) in [5.41, 5.74) is 2.37. The Morgan fingerprint density at radius 1 is 1.60 bits per heavy atom. The third-order valence-corrected chi connectivity index (χ3v) is 1.88. The first-order chi connectivity index (χ1) is 4.74. The molecule has 0 radical (unpaired) electrons. The topological polar surface area (TPSA) is 17.8 Å². The van der Waals surface area contributed by atoms with Crippen molar-refractivity contribution < 1.29 is 0 Å². The summed E-state index contributed by atoms with van der Waals surface area (Å²) in [5.74, 6) is 0. The summed E-state index contributed by atoms with van der Waals surface area (Å²) in [6.07, 6.45) is 0. The molecule has 0 aromatic carbocycles. The molecule has 1 heterocycles. The van der Waals surface area contributed by atoms with Gasteiger partial charge in [0.25, 0.3) is 0 Å². The first kappa shape index (κ1) is 8.04. The number of aromatic nitrogens is 2. The number of halogens is 1. The van der Waals surface area contributed by atoms with E-state index < -0.39 is 0 Å². The third kappa shape index (κ3) is 1.71. The second kappa shape index (κ2) is 3.37. The molecule has 3 heteroatoms. The quantitative estimate of drug-likeness (QED) is 0.579. The number of alkyl halides is 1. The van der Waals surface area contributed by atoms with Gasteiger partial charge in [0.15, 0.2) is 0 Å². The molecule has 0 spiro atoms. The van der Waals surface area contributed by atoms with E-state index in [4.69, 9.17) is 0 Å². The summed E-state index contributed by atoms with van der Waals surface area (Å²) in [5, 5.41) is 4.31. The van der Waals surface area contributed by atoms with Gasteiger partial charge in [0.1, 0.15) is 0 Å². The fourth-order valence-electron chi connectivity index (χ4n) is 0.981. The molecule has 0 aliphatic heterocycles. The summed E-state index contributed by atoms with van der Waals surface area (Å²) < 4.78 is 3.17. The van der Waals surface area contributed by atoms with E-state index in [2.05, 4.69) is 40.7 Å². The van der Waals surface area contributed by atoms with E-state index in [9.17, 15) is 0 Å². The number of hydrogen-bond acceptors (Lipinski definition) is 1. The van der Waals surface area contributed by atoms with E-state index in [0.29, 0.717) is 0 Å². The van der Waals surface area contributed by atoms with Gasteiger partial charge in [-0.1, -0.05) is 22.6 Å². The van der Waals surface area contributed by atoms with E-state index in [0.717, 1.165) is 16.7 Å². The van der Waals surface area contributed by atoms with Crippen molar-refractivity contribution in [1.29, 1.82) is 0 Å². The van der Waals surface area contributed by atoms with Crippen molar-refractivity contribution in [3.63, 3.8) is 0 Å². The molecule has 0 saturated heterocycles. The lowest BCUT2D eigenvalue weighted by atomic mass is 10.4. The van der Waals surface area contributed by atoms with Gasteiger partial charge in [0, 0.05) is 10.1 Å². The molecule has 2 nitrogen and oxygen atoms in total. The minimum absolute atomic E-state index is 1.03. The highest BCUT2D eigenvalue weighted by Gasteiger charge is 1.97. The Balaban J connectivity index is 2.81. The van der Waals surface area contributed by atoms with Gasteiger partial charge < -0.3 is 0 Å². The average molecular weight is 250 g/mol. The van der Waals surface area contributed by atoms with Gasteiger partial charge in [0.05, 0.1) is 12.2 Å². The normalized spacial score (nSPS) is 10.3. The van der Waals surface area contributed by atoms with Crippen molar-refractivity contribution in [2.45, 2.75) is 20.4 Å². The van der Waals surface area contributed by atoms with Crippen LogP contribution in [0, 0.1) is 13.8 Å². The summed E-state index contributed by atoms with van der Waals surface area (Å²) >= 11 is 2.36. The van der Waals surface area contributed by atoms with Gasteiger partial charge in [0.2, 0.25) is 0 Å². The van der Waals surface area contributed by atoms with E-state index in [1.54, 1.807) is 0 Å². The molecule has 0 N–H and O–H groups in total. The van der Waals surface area contributed by atoms with Crippen LogP contribution in [0.2, 0.25) is 0 Å². The lowest BCUT2D eigenvalue weighted by Crippen LogP contribution is -2.02. The lowest BCUT2D eigenvalue weighted by molar-refractivity contribution is 0.645. The fraction of sp³-hybridized carbons (Fsp3) is 0.571. The molecule has 0 aliphatic rings. The molecular weight excluding hydrogens is 239 g/mol. The van der Waals surface area contributed by atoms with Crippen molar-refractivity contribution in [2.75, 3.05) is 4.43 Å². The summed E-state index contributed by atoms with van der Waals surface area (Å²) in [7, 11) is 0. The van der Waals surface area contributed by atoms with Crippen molar-refractivity contribution in [3.05, 3.63) is 17.5 Å². The van der Waals surface area contributed by atoms with Crippen LogP contribution in [0.3, 0.4) is 0 Å². The highest BCUT2D eigenvalue weighted by atomic mass is 127. The molecule has 10 heavy (non-hydrogen) atoms. The Labute approximate surface area is 74.8 Å².